The molecule has 102 valence electrons. The average Bonchev–Trinajstić information content (AvgIpc) is 2.76. The van der Waals surface area contributed by atoms with Gasteiger partial charge in [0, 0.05) is 19.6 Å². The van der Waals surface area contributed by atoms with Gasteiger partial charge in [-0.3, -0.25) is 4.68 Å². The number of likely N-dealkylation sites (tertiary alicyclic amines) is 1. The Balaban J connectivity index is 1.91. The standard InChI is InChI=1S/C12H17ClN6/c1-18-5-3-4-8(7-18)15-12-9-6-14-19(2)10(9)11(13)16-17-12/h6,8H,3-5,7H2,1-2H3,(H,15,17)/t8-/m1/s1. The number of anilines is 1. The van der Waals surface area contributed by atoms with Crippen LogP contribution in [0, 0.1) is 0 Å². The summed E-state index contributed by atoms with van der Waals surface area (Å²) in [6.45, 7) is 2.18. The average molecular weight is 281 g/mol. The van der Waals surface area contributed by atoms with Crippen LogP contribution < -0.4 is 5.32 Å². The molecule has 1 fully saturated rings. The van der Waals surface area contributed by atoms with Crippen LogP contribution in [-0.2, 0) is 7.05 Å². The third kappa shape index (κ3) is 2.37. The van der Waals surface area contributed by atoms with Gasteiger partial charge in [-0.25, -0.2) is 0 Å². The second-order valence-corrected chi connectivity index (χ2v) is 5.47. The summed E-state index contributed by atoms with van der Waals surface area (Å²) in [5, 5.41) is 17.2. The lowest BCUT2D eigenvalue weighted by Gasteiger charge is -2.30. The molecular weight excluding hydrogens is 264 g/mol. The third-order valence-corrected chi connectivity index (χ3v) is 3.85. The molecule has 1 atom stereocenters. The molecule has 1 aliphatic heterocycles. The summed E-state index contributed by atoms with van der Waals surface area (Å²) < 4.78 is 1.73. The minimum absolute atomic E-state index is 0.390. The van der Waals surface area contributed by atoms with Crippen molar-refractivity contribution >= 4 is 28.3 Å². The van der Waals surface area contributed by atoms with Crippen LogP contribution in [0.5, 0.6) is 0 Å². The quantitative estimate of drug-likeness (QED) is 0.904. The molecule has 1 saturated heterocycles. The van der Waals surface area contributed by atoms with E-state index in [2.05, 4.69) is 32.6 Å². The van der Waals surface area contributed by atoms with E-state index in [0.717, 1.165) is 36.2 Å². The minimum Gasteiger partial charge on any atom is -0.364 e. The fraction of sp³-hybridized carbons (Fsp3) is 0.583. The summed E-state index contributed by atoms with van der Waals surface area (Å²) in [7, 11) is 4.00. The van der Waals surface area contributed by atoms with E-state index in [9.17, 15) is 0 Å². The molecule has 0 bridgehead atoms. The maximum Gasteiger partial charge on any atom is 0.177 e. The zero-order chi connectivity index (χ0) is 13.4. The second kappa shape index (κ2) is 4.94. The number of hydrogen-bond donors (Lipinski definition) is 1. The first-order valence-corrected chi connectivity index (χ1v) is 6.82. The van der Waals surface area contributed by atoms with Crippen LogP contribution in [0.2, 0.25) is 5.15 Å². The van der Waals surface area contributed by atoms with Gasteiger partial charge in [-0.15, -0.1) is 10.2 Å². The lowest BCUT2D eigenvalue weighted by molar-refractivity contribution is 0.261. The molecule has 7 heteroatoms. The van der Waals surface area contributed by atoms with E-state index < -0.39 is 0 Å². The molecule has 3 rings (SSSR count). The monoisotopic (exact) mass is 280 g/mol. The van der Waals surface area contributed by atoms with Gasteiger partial charge in [-0.1, -0.05) is 11.6 Å². The van der Waals surface area contributed by atoms with Gasteiger partial charge < -0.3 is 10.2 Å². The highest BCUT2D eigenvalue weighted by Crippen LogP contribution is 2.26. The molecule has 0 spiro atoms. The molecular formula is C12H17ClN6. The van der Waals surface area contributed by atoms with Crippen molar-refractivity contribution in [2.75, 3.05) is 25.5 Å². The van der Waals surface area contributed by atoms with Crippen LogP contribution in [0.25, 0.3) is 10.9 Å². The van der Waals surface area contributed by atoms with E-state index in [4.69, 9.17) is 11.6 Å². The number of rotatable bonds is 2. The maximum atomic E-state index is 6.07. The number of piperidine rings is 1. The molecule has 3 heterocycles. The fourth-order valence-corrected chi connectivity index (χ4v) is 2.90. The van der Waals surface area contributed by atoms with Crippen molar-refractivity contribution in [2.24, 2.45) is 7.05 Å². The van der Waals surface area contributed by atoms with Crippen LogP contribution >= 0.6 is 11.6 Å². The van der Waals surface area contributed by atoms with Crippen molar-refractivity contribution < 1.29 is 0 Å². The first-order valence-electron chi connectivity index (χ1n) is 6.44. The number of fused-ring (bicyclic) bond motifs is 1. The summed E-state index contributed by atoms with van der Waals surface area (Å²) in [5.41, 5.74) is 0.823. The fourth-order valence-electron chi connectivity index (χ4n) is 2.63. The van der Waals surface area contributed by atoms with Crippen molar-refractivity contribution in [3.05, 3.63) is 11.3 Å². The summed E-state index contributed by atoms with van der Waals surface area (Å²) in [5.74, 6) is 0.771. The van der Waals surface area contributed by atoms with E-state index in [1.54, 1.807) is 10.9 Å². The molecule has 0 aromatic carbocycles. The van der Waals surface area contributed by atoms with Crippen molar-refractivity contribution in [2.45, 2.75) is 18.9 Å². The number of halogens is 1. The molecule has 0 aliphatic carbocycles. The molecule has 0 saturated carbocycles. The van der Waals surface area contributed by atoms with E-state index in [1.165, 1.54) is 6.42 Å². The molecule has 1 N–H and O–H groups in total. The van der Waals surface area contributed by atoms with Crippen LogP contribution in [0.15, 0.2) is 6.20 Å². The highest BCUT2D eigenvalue weighted by molar-refractivity contribution is 6.34. The second-order valence-electron chi connectivity index (χ2n) is 5.12. The first kappa shape index (κ1) is 12.6. The Bertz CT molecular complexity index is 595. The van der Waals surface area contributed by atoms with Crippen molar-refractivity contribution in [1.82, 2.24) is 24.9 Å². The van der Waals surface area contributed by atoms with Gasteiger partial charge in [0.25, 0.3) is 0 Å². The Kier molecular flexibility index (Phi) is 3.28. The molecule has 2 aromatic heterocycles. The van der Waals surface area contributed by atoms with E-state index in [1.807, 2.05) is 7.05 Å². The topological polar surface area (TPSA) is 58.9 Å². The van der Waals surface area contributed by atoms with Crippen molar-refractivity contribution in [1.29, 1.82) is 0 Å². The van der Waals surface area contributed by atoms with Gasteiger partial charge in [0.1, 0.15) is 5.52 Å². The van der Waals surface area contributed by atoms with E-state index >= 15 is 0 Å². The molecule has 0 radical (unpaired) electrons. The van der Waals surface area contributed by atoms with E-state index in [0.29, 0.717) is 11.2 Å². The molecule has 1 aliphatic rings. The van der Waals surface area contributed by atoms with Gasteiger partial charge in [0.15, 0.2) is 11.0 Å². The Morgan fingerprint density at radius 3 is 3.00 bits per heavy atom. The maximum absolute atomic E-state index is 6.07. The molecule has 19 heavy (non-hydrogen) atoms. The number of hydrogen-bond acceptors (Lipinski definition) is 5. The summed E-state index contributed by atoms with van der Waals surface area (Å²) in [6, 6.07) is 0.401. The van der Waals surface area contributed by atoms with Gasteiger partial charge in [-0.2, -0.15) is 5.10 Å². The number of nitrogens with one attached hydrogen (secondary N) is 1. The Morgan fingerprint density at radius 1 is 1.37 bits per heavy atom. The van der Waals surface area contributed by atoms with Crippen LogP contribution in [0.4, 0.5) is 5.82 Å². The molecule has 2 aromatic rings. The van der Waals surface area contributed by atoms with Crippen molar-refractivity contribution in [3.63, 3.8) is 0 Å². The Hall–Kier alpha value is -1.40. The zero-order valence-corrected chi connectivity index (χ0v) is 11.9. The minimum atomic E-state index is 0.390. The SMILES string of the molecule is CN1CCC[C@@H](Nc2nnc(Cl)c3c2cnn3C)C1. The number of aromatic nitrogens is 4. The lowest BCUT2D eigenvalue weighted by atomic mass is 10.1. The lowest BCUT2D eigenvalue weighted by Crippen LogP contribution is -2.40. The largest absolute Gasteiger partial charge is 0.364 e. The predicted octanol–water partition coefficient (Wildman–Crippen LogP) is 1.52. The van der Waals surface area contributed by atoms with Crippen LogP contribution in [0.1, 0.15) is 12.8 Å². The zero-order valence-electron chi connectivity index (χ0n) is 11.1. The van der Waals surface area contributed by atoms with Crippen LogP contribution in [0.3, 0.4) is 0 Å². The number of aryl methyl sites for hydroxylation is 1. The normalized spacial score (nSPS) is 20.9. The van der Waals surface area contributed by atoms with Gasteiger partial charge in [0.2, 0.25) is 0 Å². The highest BCUT2D eigenvalue weighted by atomic mass is 35.5. The van der Waals surface area contributed by atoms with Gasteiger partial charge in [-0.05, 0) is 26.4 Å². The van der Waals surface area contributed by atoms with Crippen molar-refractivity contribution in [3.8, 4) is 0 Å². The molecule has 0 unspecified atom stereocenters. The summed E-state index contributed by atoms with van der Waals surface area (Å²) >= 11 is 6.07. The summed E-state index contributed by atoms with van der Waals surface area (Å²) in [6.07, 6.45) is 4.13. The Morgan fingerprint density at radius 2 is 2.21 bits per heavy atom. The third-order valence-electron chi connectivity index (χ3n) is 3.59. The van der Waals surface area contributed by atoms with Gasteiger partial charge >= 0.3 is 0 Å². The predicted molar refractivity (Wildman–Crippen MR) is 75.5 cm³/mol. The summed E-state index contributed by atoms with van der Waals surface area (Å²) in [4.78, 5) is 2.32. The van der Waals surface area contributed by atoms with Gasteiger partial charge in [0.05, 0.1) is 11.6 Å². The number of nitrogens with zero attached hydrogens (tertiary/aromatic N) is 5. The Labute approximate surface area is 116 Å². The van der Waals surface area contributed by atoms with E-state index in [-0.39, 0.29) is 0 Å². The van der Waals surface area contributed by atoms with Crippen LogP contribution in [-0.4, -0.2) is 51.1 Å². The molecule has 0 amide bonds. The molecule has 6 nitrogen and oxygen atoms in total. The highest BCUT2D eigenvalue weighted by Gasteiger charge is 2.19. The first-order chi connectivity index (χ1) is 9.15. The smallest absolute Gasteiger partial charge is 0.177 e. The number of likely N-dealkylation sites (N-methyl/N-ethyl adjacent to an activating group) is 1.